The Morgan fingerprint density at radius 3 is 2.42 bits per heavy atom. The molecule has 1 aromatic rings. The van der Waals surface area contributed by atoms with Crippen molar-refractivity contribution in [3.63, 3.8) is 0 Å². The van der Waals surface area contributed by atoms with Crippen LogP contribution in [0.5, 0.6) is 5.75 Å². The lowest BCUT2D eigenvalue weighted by Crippen LogP contribution is -2.43. The number of methoxy groups -OCH3 is 1. The topological polar surface area (TPSA) is 47.6 Å². The number of rotatable bonds is 6. The number of ether oxygens (including phenoxy) is 2. The van der Waals surface area contributed by atoms with Crippen molar-refractivity contribution in [3.05, 3.63) is 24.3 Å². The first kappa shape index (κ1) is 15.7. The van der Waals surface area contributed by atoms with E-state index in [2.05, 4.69) is 26.0 Å². The van der Waals surface area contributed by atoms with Crippen LogP contribution in [0.15, 0.2) is 24.3 Å². The van der Waals surface area contributed by atoms with Crippen LogP contribution >= 0.6 is 15.9 Å². The van der Waals surface area contributed by atoms with Crippen molar-refractivity contribution < 1.29 is 23.0 Å². The van der Waals surface area contributed by atoms with Gasteiger partial charge in [0, 0.05) is 5.69 Å². The minimum absolute atomic E-state index is 0.0305. The number of benzene rings is 1. The number of alkyl halides is 3. The van der Waals surface area contributed by atoms with Crippen LogP contribution < -0.4 is 10.1 Å². The lowest BCUT2D eigenvalue weighted by atomic mass is 10.2. The molecule has 0 aliphatic carbocycles. The molecule has 0 radical (unpaired) electrons. The molecule has 0 bridgehead atoms. The summed E-state index contributed by atoms with van der Waals surface area (Å²) in [5.74, 6) is -0.441. The van der Waals surface area contributed by atoms with E-state index in [1.165, 1.54) is 19.2 Å². The first-order valence-electron chi connectivity index (χ1n) is 5.52. The normalized spacial score (nSPS) is 12.7. The summed E-state index contributed by atoms with van der Waals surface area (Å²) in [7, 11) is 1.50. The molecule has 0 amide bonds. The van der Waals surface area contributed by atoms with Crippen LogP contribution in [0.25, 0.3) is 0 Å². The number of carbonyl (C=O) groups excluding carboxylic acids is 1. The summed E-state index contributed by atoms with van der Waals surface area (Å²) in [6, 6.07) is 4.45. The number of carbonyl (C=O) groups is 1. The quantitative estimate of drug-likeness (QED) is 0.640. The maximum atomic E-state index is 13.3. The first-order chi connectivity index (χ1) is 8.88. The average Bonchev–Trinajstić information content (AvgIpc) is 2.35. The van der Waals surface area contributed by atoms with E-state index >= 15 is 0 Å². The van der Waals surface area contributed by atoms with Gasteiger partial charge in [0.05, 0.1) is 13.7 Å². The molecule has 4 nitrogen and oxygen atoms in total. The summed E-state index contributed by atoms with van der Waals surface area (Å²) in [6.45, 7) is 1.58. The maximum Gasteiger partial charge on any atom is 0.335 e. The van der Waals surface area contributed by atoms with E-state index in [-0.39, 0.29) is 6.61 Å². The fourth-order valence-electron chi connectivity index (χ4n) is 1.35. The fraction of sp³-hybridized carbons (Fsp3) is 0.417. The van der Waals surface area contributed by atoms with Gasteiger partial charge in [0.15, 0.2) is 6.04 Å². The van der Waals surface area contributed by atoms with Crippen LogP contribution in [-0.4, -0.2) is 30.6 Å². The third-order valence-corrected chi connectivity index (χ3v) is 2.71. The standard InChI is InChI=1S/C12H14BrF2NO3/c1-3-19-11(17)10(12(13,14)15)16-8-4-6-9(18-2)7-5-8/h4-7,10,16H,3H2,1-2H3. The van der Waals surface area contributed by atoms with Gasteiger partial charge in [-0.3, -0.25) is 0 Å². The average molecular weight is 338 g/mol. The van der Waals surface area contributed by atoms with Crippen LogP contribution in [0.2, 0.25) is 0 Å². The highest BCUT2D eigenvalue weighted by Crippen LogP contribution is 2.30. The minimum Gasteiger partial charge on any atom is -0.497 e. The van der Waals surface area contributed by atoms with Crippen LogP contribution in [0.3, 0.4) is 0 Å². The van der Waals surface area contributed by atoms with Gasteiger partial charge in [-0.1, -0.05) is 0 Å². The van der Waals surface area contributed by atoms with Gasteiger partial charge < -0.3 is 14.8 Å². The van der Waals surface area contributed by atoms with Crippen LogP contribution in [0.4, 0.5) is 14.5 Å². The van der Waals surface area contributed by atoms with Gasteiger partial charge >= 0.3 is 10.8 Å². The second kappa shape index (κ2) is 6.70. The summed E-state index contributed by atoms with van der Waals surface area (Å²) in [5.41, 5.74) is 0.359. The van der Waals surface area contributed by atoms with Gasteiger partial charge in [0.1, 0.15) is 5.75 Å². The predicted molar refractivity (Wildman–Crippen MR) is 70.9 cm³/mol. The molecule has 1 rings (SSSR count). The van der Waals surface area contributed by atoms with Gasteiger partial charge in [-0.15, -0.1) is 0 Å². The molecular formula is C12H14BrF2NO3. The number of esters is 1. The Morgan fingerprint density at radius 1 is 1.42 bits per heavy atom. The van der Waals surface area contributed by atoms with E-state index in [1.807, 2.05) is 0 Å². The first-order valence-corrected chi connectivity index (χ1v) is 6.31. The second-order valence-corrected chi connectivity index (χ2v) is 4.66. The maximum absolute atomic E-state index is 13.3. The highest BCUT2D eigenvalue weighted by Gasteiger charge is 2.43. The zero-order valence-corrected chi connectivity index (χ0v) is 12.0. The van der Waals surface area contributed by atoms with Crippen molar-refractivity contribution in [1.29, 1.82) is 0 Å². The van der Waals surface area contributed by atoms with Crippen molar-refractivity contribution in [2.24, 2.45) is 0 Å². The molecule has 0 fully saturated rings. The molecule has 0 saturated heterocycles. The molecular weight excluding hydrogens is 324 g/mol. The molecule has 0 aliphatic rings. The second-order valence-electron chi connectivity index (χ2n) is 3.60. The largest absolute Gasteiger partial charge is 0.497 e. The monoisotopic (exact) mass is 337 g/mol. The molecule has 0 spiro atoms. The van der Waals surface area contributed by atoms with Crippen LogP contribution in [0.1, 0.15) is 6.92 Å². The van der Waals surface area contributed by atoms with E-state index in [0.717, 1.165) is 0 Å². The van der Waals surface area contributed by atoms with Gasteiger partial charge in [-0.25, -0.2) is 4.79 Å². The highest BCUT2D eigenvalue weighted by molar-refractivity contribution is 9.10. The molecule has 0 aromatic heterocycles. The van der Waals surface area contributed by atoms with Crippen molar-refractivity contribution in [3.8, 4) is 5.75 Å². The van der Waals surface area contributed by atoms with Gasteiger partial charge in [0.25, 0.3) is 0 Å². The lowest BCUT2D eigenvalue weighted by molar-refractivity contribution is -0.148. The fourth-order valence-corrected chi connectivity index (χ4v) is 1.66. The third kappa shape index (κ3) is 4.66. The Kier molecular flexibility index (Phi) is 5.53. The van der Waals surface area contributed by atoms with E-state index in [4.69, 9.17) is 4.74 Å². The van der Waals surface area contributed by atoms with E-state index in [9.17, 15) is 13.6 Å². The number of hydrogen-bond donors (Lipinski definition) is 1. The van der Waals surface area contributed by atoms with Crippen LogP contribution in [-0.2, 0) is 9.53 Å². The smallest absolute Gasteiger partial charge is 0.335 e. The van der Waals surface area contributed by atoms with E-state index in [0.29, 0.717) is 11.4 Å². The van der Waals surface area contributed by atoms with Crippen molar-refractivity contribution in [2.45, 2.75) is 17.8 Å². The SMILES string of the molecule is CCOC(=O)C(Nc1ccc(OC)cc1)C(F)(F)Br. The molecule has 1 aromatic carbocycles. The molecule has 7 heteroatoms. The minimum atomic E-state index is -3.42. The summed E-state index contributed by atoms with van der Waals surface area (Å²) in [4.78, 5) is 8.08. The van der Waals surface area contributed by atoms with Crippen LogP contribution in [0, 0.1) is 0 Å². The molecule has 1 N–H and O–H groups in total. The van der Waals surface area contributed by atoms with Crippen molar-refractivity contribution >= 4 is 27.6 Å². The Hall–Kier alpha value is -1.37. The highest BCUT2D eigenvalue weighted by atomic mass is 79.9. The Labute approximate surface area is 118 Å². The zero-order chi connectivity index (χ0) is 14.5. The van der Waals surface area contributed by atoms with Gasteiger partial charge in [0.2, 0.25) is 0 Å². The predicted octanol–water partition coefficient (Wildman–Crippen LogP) is 3.03. The molecule has 1 unspecified atom stereocenters. The number of anilines is 1. The summed E-state index contributed by atoms with van der Waals surface area (Å²) < 4.78 is 36.2. The summed E-state index contributed by atoms with van der Waals surface area (Å²) >= 11 is 2.18. The summed E-state index contributed by atoms with van der Waals surface area (Å²) in [6.07, 6.45) is 0. The molecule has 0 saturated carbocycles. The van der Waals surface area contributed by atoms with E-state index < -0.39 is 16.8 Å². The number of hydrogen-bond acceptors (Lipinski definition) is 4. The molecule has 106 valence electrons. The van der Waals surface area contributed by atoms with Crippen molar-refractivity contribution in [2.75, 3.05) is 19.0 Å². The molecule has 0 heterocycles. The molecule has 19 heavy (non-hydrogen) atoms. The Morgan fingerprint density at radius 2 is 2.00 bits per heavy atom. The number of halogens is 3. The Bertz CT molecular complexity index is 420. The lowest BCUT2D eigenvalue weighted by Gasteiger charge is -2.22. The van der Waals surface area contributed by atoms with Gasteiger partial charge in [-0.05, 0) is 47.1 Å². The zero-order valence-electron chi connectivity index (χ0n) is 10.5. The van der Waals surface area contributed by atoms with Gasteiger partial charge in [-0.2, -0.15) is 8.78 Å². The third-order valence-electron chi connectivity index (χ3n) is 2.25. The van der Waals surface area contributed by atoms with E-state index in [1.54, 1.807) is 19.1 Å². The van der Waals surface area contributed by atoms with Crippen molar-refractivity contribution in [1.82, 2.24) is 0 Å². The number of nitrogens with one attached hydrogen (secondary N) is 1. The molecule has 0 aliphatic heterocycles. The Balaban J connectivity index is 2.84. The summed E-state index contributed by atoms with van der Waals surface area (Å²) in [5, 5.41) is 2.43. The molecule has 1 atom stereocenters.